The lowest BCUT2D eigenvalue weighted by Crippen LogP contribution is -2.37. The molecule has 0 radical (unpaired) electrons. The van der Waals surface area contributed by atoms with Crippen molar-refractivity contribution >= 4 is 23.3 Å². The van der Waals surface area contributed by atoms with Gasteiger partial charge in [-0.15, -0.1) is 0 Å². The van der Waals surface area contributed by atoms with Gasteiger partial charge in [0.05, 0.1) is 0 Å². The second-order valence-electron chi connectivity index (χ2n) is 6.36. The fraction of sp³-hybridized carbons (Fsp3) is 0.412. The number of ether oxygens (including phenoxy) is 1. The number of aldehydes is 1. The first kappa shape index (κ1) is 16.1. The van der Waals surface area contributed by atoms with Crippen LogP contribution >= 0.6 is 0 Å². The molecule has 22 heavy (non-hydrogen) atoms. The molecule has 1 atom stereocenters. The summed E-state index contributed by atoms with van der Waals surface area (Å²) in [5.74, 6) is 0. The minimum Gasteiger partial charge on any atom is -0.444 e. The average molecular weight is 302 g/mol. The third-order valence-corrected chi connectivity index (χ3v) is 3.52. The summed E-state index contributed by atoms with van der Waals surface area (Å²) in [4.78, 5) is 25.1. The van der Waals surface area contributed by atoms with Crippen LogP contribution in [0.1, 0.15) is 32.5 Å². The minimum atomic E-state index is -0.688. The van der Waals surface area contributed by atoms with Gasteiger partial charge in [-0.3, -0.25) is 4.90 Å². The van der Waals surface area contributed by atoms with Gasteiger partial charge in [-0.1, -0.05) is 18.2 Å². The summed E-state index contributed by atoms with van der Waals surface area (Å²) < 4.78 is 7.26. The molecule has 5 heteroatoms. The summed E-state index contributed by atoms with van der Waals surface area (Å²) >= 11 is 0. The van der Waals surface area contributed by atoms with Crippen molar-refractivity contribution in [1.82, 2.24) is 9.47 Å². The predicted molar refractivity (Wildman–Crippen MR) is 85.7 cm³/mol. The number of nitrogens with zero attached hydrogens (tertiary/aromatic N) is 2. The number of fused-ring (bicyclic) bond motifs is 1. The monoisotopic (exact) mass is 302 g/mol. The van der Waals surface area contributed by atoms with Crippen molar-refractivity contribution in [3.05, 3.63) is 36.0 Å². The molecular weight excluding hydrogens is 280 g/mol. The lowest BCUT2D eigenvalue weighted by Gasteiger charge is -2.28. The largest absolute Gasteiger partial charge is 0.444 e. The van der Waals surface area contributed by atoms with Gasteiger partial charge in [-0.25, -0.2) is 4.79 Å². The van der Waals surface area contributed by atoms with Crippen LogP contribution in [0, 0.1) is 0 Å². The first-order valence-electron chi connectivity index (χ1n) is 7.20. The topological polar surface area (TPSA) is 51.5 Å². The molecule has 118 valence electrons. The van der Waals surface area contributed by atoms with Crippen LogP contribution in [-0.2, 0) is 16.6 Å². The van der Waals surface area contributed by atoms with Crippen LogP contribution in [0.3, 0.4) is 0 Å². The molecule has 1 aromatic carbocycles. The number of likely N-dealkylation sites (N-methyl/N-ethyl adjacent to an activating group) is 1. The quantitative estimate of drug-likeness (QED) is 0.818. The summed E-state index contributed by atoms with van der Waals surface area (Å²) in [6.45, 7) is 5.39. The maximum atomic E-state index is 12.2. The van der Waals surface area contributed by atoms with Gasteiger partial charge in [-0.05, 0) is 38.3 Å². The Hall–Kier alpha value is -2.30. The van der Waals surface area contributed by atoms with E-state index in [1.807, 2.05) is 41.9 Å². The average Bonchev–Trinajstić information content (AvgIpc) is 2.76. The Morgan fingerprint density at radius 1 is 1.32 bits per heavy atom. The van der Waals surface area contributed by atoms with Crippen LogP contribution in [0.15, 0.2) is 30.3 Å². The van der Waals surface area contributed by atoms with E-state index >= 15 is 0 Å². The van der Waals surface area contributed by atoms with Crippen molar-refractivity contribution < 1.29 is 14.3 Å². The summed E-state index contributed by atoms with van der Waals surface area (Å²) in [7, 11) is 3.46. The molecule has 0 bridgehead atoms. The van der Waals surface area contributed by atoms with Crippen LogP contribution < -0.4 is 0 Å². The number of aromatic nitrogens is 1. The van der Waals surface area contributed by atoms with Gasteiger partial charge < -0.3 is 14.1 Å². The standard InChI is InChI=1S/C17H22N2O3/c1-17(2,3)22-16(21)19(5)15(11-20)14-10-12-8-6-7-9-13(12)18(14)4/h6-11,15H,1-5H3. The van der Waals surface area contributed by atoms with Gasteiger partial charge in [0.1, 0.15) is 17.9 Å². The van der Waals surface area contributed by atoms with E-state index in [1.165, 1.54) is 4.90 Å². The molecule has 1 aromatic heterocycles. The van der Waals surface area contributed by atoms with E-state index in [0.717, 1.165) is 22.9 Å². The number of aryl methyl sites for hydroxylation is 1. The molecule has 0 aliphatic carbocycles. The van der Waals surface area contributed by atoms with Gasteiger partial charge in [0.2, 0.25) is 0 Å². The van der Waals surface area contributed by atoms with Gasteiger partial charge >= 0.3 is 6.09 Å². The zero-order valence-corrected chi connectivity index (χ0v) is 13.7. The highest BCUT2D eigenvalue weighted by Crippen LogP contribution is 2.26. The minimum absolute atomic E-state index is 0.519. The molecule has 0 saturated carbocycles. The van der Waals surface area contributed by atoms with Crippen molar-refractivity contribution in [3.8, 4) is 0 Å². The van der Waals surface area contributed by atoms with E-state index in [1.54, 1.807) is 27.8 Å². The van der Waals surface area contributed by atoms with E-state index in [2.05, 4.69) is 0 Å². The highest BCUT2D eigenvalue weighted by molar-refractivity contribution is 5.83. The molecule has 1 heterocycles. The van der Waals surface area contributed by atoms with E-state index in [9.17, 15) is 9.59 Å². The Morgan fingerprint density at radius 2 is 1.95 bits per heavy atom. The van der Waals surface area contributed by atoms with Crippen molar-refractivity contribution in [2.24, 2.45) is 7.05 Å². The van der Waals surface area contributed by atoms with Gasteiger partial charge in [0.15, 0.2) is 0 Å². The van der Waals surface area contributed by atoms with Gasteiger partial charge in [0.25, 0.3) is 0 Å². The second kappa shape index (κ2) is 5.83. The van der Waals surface area contributed by atoms with Crippen LogP contribution in [-0.4, -0.2) is 34.5 Å². The molecule has 0 aliphatic heterocycles. The molecule has 2 rings (SSSR count). The van der Waals surface area contributed by atoms with Crippen LogP contribution in [0.4, 0.5) is 4.79 Å². The lowest BCUT2D eigenvalue weighted by molar-refractivity contribution is -0.112. The first-order chi connectivity index (χ1) is 10.2. The lowest BCUT2D eigenvalue weighted by atomic mass is 10.2. The zero-order valence-electron chi connectivity index (χ0n) is 13.7. The van der Waals surface area contributed by atoms with Gasteiger partial charge in [-0.2, -0.15) is 0 Å². The molecule has 5 nitrogen and oxygen atoms in total. The van der Waals surface area contributed by atoms with Gasteiger partial charge in [0, 0.05) is 25.3 Å². The van der Waals surface area contributed by atoms with E-state index in [4.69, 9.17) is 4.74 Å². The first-order valence-corrected chi connectivity index (χ1v) is 7.20. The van der Waals surface area contributed by atoms with E-state index in [0.29, 0.717) is 0 Å². The molecule has 0 N–H and O–H groups in total. The number of hydrogen-bond donors (Lipinski definition) is 0. The molecule has 2 aromatic rings. The second-order valence-corrected chi connectivity index (χ2v) is 6.36. The molecule has 0 fully saturated rings. The Bertz CT molecular complexity index is 697. The number of benzene rings is 1. The smallest absolute Gasteiger partial charge is 0.410 e. The third-order valence-electron chi connectivity index (χ3n) is 3.52. The van der Waals surface area contributed by atoms with Crippen molar-refractivity contribution in [1.29, 1.82) is 0 Å². The molecule has 0 saturated heterocycles. The highest BCUT2D eigenvalue weighted by atomic mass is 16.6. The Kier molecular flexibility index (Phi) is 4.26. The zero-order chi connectivity index (χ0) is 16.5. The summed E-state index contributed by atoms with van der Waals surface area (Å²) in [5, 5.41) is 1.03. The van der Waals surface area contributed by atoms with Crippen molar-refractivity contribution in [2.75, 3.05) is 7.05 Å². The maximum Gasteiger partial charge on any atom is 0.410 e. The molecule has 1 unspecified atom stereocenters. The number of carbonyl (C=O) groups is 2. The number of hydrogen-bond acceptors (Lipinski definition) is 3. The fourth-order valence-electron chi connectivity index (χ4n) is 2.40. The van der Waals surface area contributed by atoms with Crippen LogP contribution in [0.2, 0.25) is 0 Å². The van der Waals surface area contributed by atoms with Crippen LogP contribution in [0.5, 0.6) is 0 Å². The van der Waals surface area contributed by atoms with Crippen molar-refractivity contribution in [2.45, 2.75) is 32.4 Å². The molecule has 1 amide bonds. The normalized spacial score (nSPS) is 13.0. The Morgan fingerprint density at radius 3 is 2.50 bits per heavy atom. The van der Waals surface area contributed by atoms with Crippen LogP contribution in [0.25, 0.3) is 10.9 Å². The predicted octanol–water partition coefficient (Wildman–Crippen LogP) is 3.29. The fourth-order valence-corrected chi connectivity index (χ4v) is 2.40. The summed E-state index contributed by atoms with van der Waals surface area (Å²) in [5.41, 5.74) is 1.17. The molecule has 0 aliphatic rings. The SMILES string of the molecule is CN(C(=O)OC(C)(C)C)C(C=O)c1cc2ccccc2n1C. The number of rotatable bonds is 3. The number of carbonyl (C=O) groups excluding carboxylic acids is 2. The maximum absolute atomic E-state index is 12.2. The molecule has 0 spiro atoms. The van der Waals surface area contributed by atoms with Crippen molar-refractivity contribution in [3.63, 3.8) is 0 Å². The molecular formula is C17H22N2O3. The summed E-state index contributed by atoms with van der Waals surface area (Å²) in [6, 6.07) is 9.09. The highest BCUT2D eigenvalue weighted by Gasteiger charge is 2.28. The van der Waals surface area contributed by atoms with E-state index in [-0.39, 0.29) is 0 Å². The number of amides is 1. The number of para-hydroxylation sites is 1. The van der Waals surface area contributed by atoms with E-state index < -0.39 is 17.7 Å². The Labute approximate surface area is 130 Å². The Balaban J connectivity index is 2.36. The third kappa shape index (κ3) is 3.13. The summed E-state index contributed by atoms with van der Waals surface area (Å²) in [6.07, 6.45) is 0.243.